The van der Waals surface area contributed by atoms with Gasteiger partial charge in [-0.15, -0.1) is 0 Å². The Kier molecular flexibility index (Phi) is 30.8. The van der Waals surface area contributed by atoms with Gasteiger partial charge in [0.05, 0.1) is 18.1 Å². The van der Waals surface area contributed by atoms with Crippen molar-refractivity contribution in [1.29, 1.82) is 0 Å². The van der Waals surface area contributed by atoms with Gasteiger partial charge in [-0.2, -0.15) is 0 Å². The predicted molar refractivity (Wildman–Crippen MR) is 165 cm³/mol. The second-order valence-electron chi connectivity index (χ2n) is 8.07. The predicted octanol–water partition coefficient (Wildman–Crippen LogP) is 6.33. The van der Waals surface area contributed by atoms with Gasteiger partial charge in [-0.1, -0.05) is 103 Å². The minimum absolute atomic E-state index is 0.659. The van der Waals surface area contributed by atoms with Gasteiger partial charge in [0.1, 0.15) is 11.0 Å². The maximum absolute atomic E-state index is 11.0. The number of nitrogens with two attached hydrogens (primary N) is 1. The summed E-state index contributed by atoms with van der Waals surface area (Å²) in [6.45, 7) is 21.0. The SMILES string of the molecule is CC.CCCC.CCCCNc1cccc(S(N)=O)c1.CCNCCN1CCOCC1.c1ccccc1. The van der Waals surface area contributed by atoms with Crippen LogP contribution < -0.4 is 15.8 Å². The lowest BCUT2D eigenvalue weighted by molar-refractivity contribution is 0.0385. The van der Waals surface area contributed by atoms with Crippen molar-refractivity contribution in [3.05, 3.63) is 60.7 Å². The van der Waals surface area contributed by atoms with Crippen molar-refractivity contribution in [2.75, 3.05) is 57.8 Å². The number of hydrogen-bond acceptors (Lipinski definition) is 5. The van der Waals surface area contributed by atoms with Crippen LogP contribution in [0.3, 0.4) is 0 Å². The van der Waals surface area contributed by atoms with E-state index in [2.05, 4.69) is 43.2 Å². The van der Waals surface area contributed by atoms with Gasteiger partial charge in [-0.05, 0) is 31.2 Å². The van der Waals surface area contributed by atoms with Crippen LogP contribution in [0.2, 0.25) is 0 Å². The minimum atomic E-state index is -1.39. The number of unbranched alkanes of at least 4 members (excludes halogenated alkanes) is 2. The molecule has 6 nitrogen and oxygen atoms in total. The molecule has 1 aliphatic rings. The Hall–Kier alpha value is -1.77. The molecule has 0 spiro atoms. The highest BCUT2D eigenvalue weighted by Crippen LogP contribution is 2.12. The molecule has 1 heterocycles. The van der Waals surface area contributed by atoms with Gasteiger partial charge >= 0.3 is 0 Å². The van der Waals surface area contributed by atoms with Crippen molar-refractivity contribution < 1.29 is 8.95 Å². The van der Waals surface area contributed by atoms with Crippen LogP contribution in [0.5, 0.6) is 0 Å². The van der Waals surface area contributed by atoms with Crippen LogP contribution in [0.4, 0.5) is 5.69 Å². The zero-order chi connectivity index (χ0) is 28.0. The first-order chi connectivity index (χ1) is 18.1. The number of morpholine rings is 1. The quantitative estimate of drug-likeness (QED) is 0.309. The Morgan fingerprint density at radius 1 is 0.865 bits per heavy atom. The summed E-state index contributed by atoms with van der Waals surface area (Å²) in [7, 11) is -1.39. The van der Waals surface area contributed by atoms with E-state index < -0.39 is 11.0 Å². The van der Waals surface area contributed by atoms with E-state index in [4.69, 9.17) is 9.88 Å². The molecule has 0 amide bonds. The highest BCUT2D eigenvalue weighted by Gasteiger charge is 2.08. The summed E-state index contributed by atoms with van der Waals surface area (Å²) >= 11 is 0. The van der Waals surface area contributed by atoms with Crippen molar-refractivity contribution >= 4 is 16.7 Å². The maximum atomic E-state index is 11.0. The van der Waals surface area contributed by atoms with Crippen LogP contribution in [0.1, 0.15) is 67.2 Å². The Bertz CT molecular complexity index is 685. The molecule has 2 aromatic carbocycles. The second kappa shape index (κ2) is 30.5. The average molecular weight is 537 g/mol. The molecule has 37 heavy (non-hydrogen) atoms. The standard InChI is InChI=1S/C10H16N2OS.C8H18N2O.C6H6.C4H10.C2H6/c1-2-3-7-12-9-5-4-6-10(8-9)14(11)13;1-2-9-3-4-10-5-7-11-8-6-10;1-2-4-6-5-3-1;1-3-4-2;1-2/h4-6,8,12H,2-3,7,11H2,1H3;9H,2-8H2,1H3;1-6H;3-4H2,1-2H3;1-2H3. The molecule has 0 aliphatic carbocycles. The molecule has 4 N–H and O–H groups in total. The number of rotatable bonds is 10. The summed E-state index contributed by atoms with van der Waals surface area (Å²) in [6, 6.07) is 19.4. The van der Waals surface area contributed by atoms with Crippen molar-refractivity contribution in [2.24, 2.45) is 5.14 Å². The maximum Gasteiger partial charge on any atom is 0.122 e. The highest BCUT2D eigenvalue weighted by atomic mass is 32.2. The van der Waals surface area contributed by atoms with Crippen LogP contribution in [-0.2, 0) is 15.7 Å². The average Bonchev–Trinajstić information content (AvgIpc) is 2.97. The first kappa shape index (κ1) is 37.4. The number of nitrogens with zero attached hydrogens (tertiary/aromatic N) is 1. The first-order valence-corrected chi connectivity index (χ1v) is 15.3. The summed E-state index contributed by atoms with van der Waals surface area (Å²) < 4.78 is 16.2. The molecule has 0 aromatic heterocycles. The fraction of sp³-hybridized carbons (Fsp3) is 0.600. The molecule has 2 aromatic rings. The van der Waals surface area contributed by atoms with E-state index in [1.165, 1.54) is 12.8 Å². The molecule has 214 valence electrons. The molecule has 0 radical (unpaired) electrons. The lowest BCUT2D eigenvalue weighted by atomic mass is 10.3. The number of nitrogens with one attached hydrogen (secondary N) is 2. The molecule has 3 rings (SSSR count). The van der Waals surface area contributed by atoms with Gasteiger partial charge < -0.3 is 15.4 Å². The Labute approximate surface area is 231 Å². The van der Waals surface area contributed by atoms with Crippen LogP contribution in [0, 0.1) is 0 Å². The lowest BCUT2D eigenvalue weighted by Gasteiger charge is -2.26. The minimum Gasteiger partial charge on any atom is -0.385 e. The number of ether oxygens (including phenoxy) is 1. The van der Waals surface area contributed by atoms with Crippen molar-refractivity contribution in [1.82, 2.24) is 10.2 Å². The van der Waals surface area contributed by atoms with Gasteiger partial charge in [-0.25, -0.2) is 9.35 Å². The van der Waals surface area contributed by atoms with E-state index in [-0.39, 0.29) is 0 Å². The fourth-order valence-corrected chi connectivity index (χ4v) is 3.22. The summed E-state index contributed by atoms with van der Waals surface area (Å²) in [5, 5.41) is 11.8. The molecular weight excluding hydrogens is 480 g/mol. The monoisotopic (exact) mass is 536 g/mol. The van der Waals surface area contributed by atoms with Crippen molar-refractivity contribution in [2.45, 2.75) is 72.1 Å². The number of benzene rings is 2. The lowest BCUT2D eigenvalue weighted by Crippen LogP contribution is -2.40. The number of hydrogen-bond donors (Lipinski definition) is 3. The Morgan fingerprint density at radius 3 is 1.89 bits per heavy atom. The molecule has 1 saturated heterocycles. The zero-order valence-corrected chi connectivity index (χ0v) is 25.3. The van der Waals surface area contributed by atoms with E-state index in [0.717, 1.165) is 71.0 Å². The fourth-order valence-electron chi connectivity index (χ4n) is 2.76. The summed E-state index contributed by atoms with van der Waals surface area (Å²) in [6.07, 6.45) is 4.94. The molecule has 1 atom stereocenters. The Morgan fingerprint density at radius 2 is 1.43 bits per heavy atom. The molecular formula is C30H56N4O2S. The van der Waals surface area contributed by atoms with E-state index in [9.17, 15) is 4.21 Å². The smallest absolute Gasteiger partial charge is 0.122 e. The molecule has 0 saturated carbocycles. The zero-order valence-electron chi connectivity index (χ0n) is 24.5. The molecule has 1 fully saturated rings. The normalized spacial score (nSPS) is 13.1. The van der Waals surface area contributed by atoms with Crippen LogP contribution in [0.25, 0.3) is 0 Å². The van der Waals surface area contributed by atoms with Gasteiger partial charge in [0.15, 0.2) is 0 Å². The van der Waals surface area contributed by atoms with Crippen molar-refractivity contribution in [3.63, 3.8) is 0 Å². The van der Waals surface area contributed by atoms with Gasteiger partial charge in [0.25, 0.3) is 0 Å². The third kappa shape index (κ3) is 25.7. The molecule has 1 unspecified atom stereocenters. The molecule has 1 aliphatic heterocycles. The first-order valence-electron chi connectivity index (χ1n) is 14.1. The van der Waals surface area contributed by atoms with Gasteiger partial charge in [0.2, 0.25) is 0 Å². The third-order valence-electron chi connectivity index (χ3n) is 5.05. The number of anilines is 1. The number of likely N-dealkylation sites (N-methyl/N-ethyl adjacent to an activating group) is 1. The summed E-state index contributed by atoms with van der Waals surface area (Å²) in [5.74, 6) is 0. The van der Waals surface area contributed by atoms with Crippen LogP contribution in [0.15, 0.2) is 65.6 Å². The summed E-state index contributed by atoms with van der Waals surface area (Å²) in [5.41, 5.74) is 0.981. The van der Waals surface area contributed by atoms with Crippen molar-refractivity contribution in [3.8, 4) is 0 Å². The van der Waals surface area contributed by atoms with Gasteiger partial charge in [0, 0.05) is 38.4 Å². The van der Waals surface area contributed by atoms with E-state index in [1.807, 2.05) is 68.4 Å². The summed E-state index contributed by atoms with van der Waals surface area (Å²) in [4.78, 5) is 3.10. The topological polar surface area (TPSA) is 79.6 Å². The molecule has 7 heteroatoms. The van der Waals surface area contributed by atoms with Gasteiger partial charge in [-0.3, -0.25) is 4.90 Å². The van der Waals surface area contributed by atoms with E-state index >= 15 is 0 Å². The van der Waals surface area contributed by atoms with E-state index in [1.54, 1.807) is 6.07 Å². The Balaban J connectivity index is 0. The van der Waals surface area contributed by atoms with E-state index in [0.29, 0.717) is 4.90 Å². The largest absolute Gasteiger partial charge is 0.385 e. The van der Waals surface area contributed by atoms with Crippen LogP contribution >= 0.6 is 0 Å². The second-order valence-corrected chi connectivity index (χ2v) is 9.13. The van der Waals surface area contributed by atoms with Crippen LogP contribution in [-0.4, -0.2) is 61.6 Å². The third-order valence-corrected chi connectivity index (χ3v) is 5.77. The highest BCUT2D eigenvalue weighted by molar-refractivity contribution is 7.82. The molecule has 0 bridgehead atoms.